The van der Waals surface area contributed by atoms with Gasteiger partial charge in [-0.2, -0.15) is 0 Å². The monoisotopic (exact) mass is 424 g/mol. The Labute approximate surface area is 136 Å². The molecule has 0 saturated heterocycles. The first kappa shape index (κ1) is 15.0. The average molecular weight is 427 g/mol. The lowest BCUT2D eigenvalue weighted by atomic mass is 10.0. The van der Waals surface area contributed by atoms with Crippen molar-refractivity contribution in [3.63, 3.8) is 0 Å². The Morgan fingerprint density at radius 2 is 1.68 bits per heavy atom. The van der Waals surface area contributed by atoms with Crippen LogP contribution in [0.1, 0.15) is 15.9 Å². The van der Waals surface area contributed by atoms with Crippen LogP contribution < -0.4 is 0 Å². The van der Waals surface area contributed by atoms with Gasteiger partial charge in [-0.3, -0.25) is 4.79 Å². The fourth-order valence-corrected chi connectivity index (χ4v) is 2.75. The first-order valence-corrected chi connectivity index (χ1v) is 7.39. The molecule has 0 fully saturated rings. The minimum absolute atomic E-state index is 0.113. The summed E-state index contributed by atoms with van der Waals surface area (Å²) in [7, 11) is 0. The van der Waals surface area contributed by atoms with Crippen LogP contribution in [0.3, 0.4) is 0 Å². The fraction of sp³-hybridized carbons (Fsp3) is 0. The highest BCUT2D eigenvalue weighted by Gasteiger charge is 2.20. The van der Waals surface area contributed by atoms with Gasteiger partial charge in [-0.25, -0.2) is 4.39 Å². The zero-order valence-electron chi connectivity index (χ0n) is 9.18. The normalized spacial score (nSPS) is 10.6. The van der Waals surface area contributed by atoms with Gasteiger partial charge in [0.15, 0.2) is 11.6 Å². The molecular weight excluding hydrogens is 422 g/mol. The second-order valence-electron chi connectivity index (χ2n) is 3.68. The van der Waals surface area contributed by atoms with Crippen molar-refractivity contribution in [1.82, 2.24) is 0 Å². The molecule has 0 heterocycles. The average Bonchev–Trinajstić information content (AvgIpc) is 2.35. The van der Waals surface area contributed by atoms with Gasteiger partial charge >= 0.3 is 0 Å². The number of halogens is 5. The number of rotatable bonds is 2. The Morgan fingerprint density at radius 3 is 2.32 bits per heavy atom. The fourth-order valence-electron chi connectivity index (χ4n) is 1.52. The van der Waals surface area contributed by atoms with Crippen LogP contribution in [-0.2, 0) is 0 Å². The number of carbonyl (C=O) groups is 1. The van der Waals surface area contributed by atoms with Gasteiger partial charge in [0.1, 0.15) is 0 Å². The first-order chi connectivity index (χ1) is 8.91. The van der Waals surface area contributed by atoms with E-state index in [1.54, 1.807) is 12.1 Å². The summed E-state index contributed by atoms with van der Waals surface area (Å²) in [4.78, 5) is 12.2. The molecule has 0 aromatic heterocycles. The topological polar surface area (TPSA) is 17.1 Å². The van der Waals surface area contributed by atoms with Crippen LogP contribution >= 0.6 is 55.1 Å². The van der Waals surface area contributed by atoms with Gasteiger partial charge < -0.3 is 0 Å². The molecule has 98 valence electrons. The molecule has 0 N–H and O–H groups in total. The summed E-state index contributed by atoms with van der Waals surface area (Å²) in [5, 5.41) is 0.122. The second kappa shape index (κ2) is 5.92. The van der Waals surface area contributed by atoms with E-state index in [0.29, 0.717) is 4.47 Å². The van der Waals surface area contributed by atoms with Gasteiger partial charge in [0.25, 0.3) is 0 Å². The van der Waals surface area contributed by atoms with Gasteiger partial charge in [-0.15, -0.1) is 0 Å². The SMILES string of the molecule is O=C(c1ccc(Br)cc1Cl)c1ccc(Br)c(Cl)c1F. The lowest BCUT2D eigenvalue weighted by Crippen LogP contribution is -2.05. The molecule has 0 aliphatic heterocycles. The third-order valence-electron chi connectivity index (χ3n) is 2.46. The highest BCUT2D eigenvalue weighted by molar-refractivity contribution is 9.10. The summed E-state index contributed by atoms with van der Waals surface area (Å²) in [5.74, 6) is -1.27. The van der Waals surface area contributed by atoms with Gasteiger partial charge in [0.2, 0.25) is 0 Å². The van der Waals surface area contributed by atoms with E-state index in [1.807, 2.05) is 0 Å². The molecule has 6 heteroatoms. The molecule has 0 saturated carbocycles. The van der Waals surface area contributed by atoms with Gasteiger partial charge in [-0.1, -0.05) is 39.1 Å². The Balaban J connectivity index is 2.53. The summed E-state index contributed by atoms with van der Waals surface area (Å²) < 4.78 is 15.1. The third-order valence-corrected chi connectivity index (χ3v) is 4.52. The summed E-state index contributed by atoms with van der Waals surface area (Å²) in [6.07, 6.45) is 0. The molecule has 0 amide bonds. The Bertz CT molecular complexity index is 674. The van der Waals surface area contributed by atoms with Crippen LogP contribution in [0.2, 0.25) is 10.0 Å². The molecule has 0 aliphatic carbocycles. The minimum Gasteiger partial charge on any atom is -0.288 e. The van der Waals surface area contributed by atoms with E-state index in [0.717, 1.165) is 4.47 Å². The van der Waals surface area contributed by atoms with Crippen molar-refractivity contribution in [1.29, 1.82) is 0 Å². The number of hydrogen-bond donors (Lipinski definition) is 0. The Morgan fingerprint density at radius 1 is 1.05 bits per heavy atom. The molecule has 0 atom stereocenters. The number of ketones is 1. The standard InChI is InChI=1S/C13H5Br2Cl2FO/c14-6-1-2-7(10(16)5-6)13(19)8-3-4-9(15)11(17)12(8)18/h1-5H. The molecule has 0 bridgehead atoms. The third kappa shape index (κ3) is 3.02. The van der Waals surface area contributed by atoms with Gasteiger partial charge in [-0.05, 0) is 46.3 Å². The number of hydrogen-bond acceptors (Lipinski definition) is 1. The number of carbonyl (C=O) groups excluding carboxylic acids is 1. The van der Waals surface area contributed by atoms with E-state index in [1.165, 1.54) is 18.2 Å². The molecular formula is C13H5Br2Cl2FO. The van der Waals surface area contributed by atoms with Gasteiger partial charge in [0.05, 0.1) is 15.6 Å². The molecule has 2 rings (SSSR count). The van der Waals surface area contributed by atoms with E-state index in [2.05, 4.69) is 31.9 Å². The van der Waals surface area contributed by atoms with Crippen LogP contribution in [0.5, 0.6) is 0 Å². The lowest BCUT2D eigenvalue weighted by molar-refractivity contribution is 0.103. The molecule has 0 radical (unpaired) electrons. The van der Waals surface area contributed by atoms with Crippen LogP contribution in [0.15, 0.2) is 39.3 Å². The Hall–Kier alpha value is -0.420. The zero-order chi connectivity index (χ0) is 14.2. The van der Waals surface area contributed by atoms with Crippen molar-refractivity contribution < 1.29 is 9.18 Å². The molecule has 19 heavy (non-hydrogen) atoms. The van der Waals surface area contributed by atoms with E-state index in [-0.39, 0.29) is 21.2 Å². The van der Waals surface area contributed by atoms with Crippen molar-refractivity contribution in [2.75, 3.05) is 0 Å². The van der Waals surface area contributed by atoms with Crippen molar-refractivity contribution in [2.24, 2.45) is 0 Å². The summed E-state index contributed by atoms with van der Waals surface area (Å²) in [6.45, 7) is 0. The highest BCUT2D eigenvalue weighted by Crippen LogP contribution is 2.30. The number of benzene rings is 2. The van der Waals surface area contributed by atoms with Crippen molar-refractivity contribution >= 4 is 60.8 Å². The molecule has 0 aliphatic rings. The first-order valence-electron chi connectivity index (χ1n) is 5.05. The van der Waals surface area contributed by atoms with Crippen LogP contribution in [0, 0.1) is 5.82 Å². The van der Waals surface area contributed by atoms with E-state index in [9.17, 15) is 9.18 Å². The van der Waals surface area contributed by atoms with E-state index in [4.69, 9.17) is 23.2 Å². The van der Waals surface area contributed by atoms with Crippen molar-refractivity contribution in [2.45, 2.75) is 0 Å². The Kier molecular flexibility index (Phi) is 4.66. The minimum atomic E-state index is -0.764. The summed E-state index contributed by atoms with van der Waals surface area (Å²) in [6, 6.07) is 7.66. The summed E-state index contributed by atoms with van der Waals surface area (Å²) >= 11 is 18.1. The molecule has 1 nitrogen and oxygen atoms in total. The summed E-state index contributed by atoms with van der Waals surface area (Å²) in [5.41, 5.74) is 0.111. The maximum Gasteiger partial charge on any atom is 0.197 e. The smallest absolute Gasteiger partial charge is 0.197 e. The second-order valence-corrected chi connectivity index (χ2v) is 6.23. The maximum atomic E-state index is 14.0. The highest BCUT2D eigenvalue weighted by atomic mass is 79.9. The van der Waals surface area contributed by atoms with E-state index < -0.39 is 11.6 Å². The molecule has 2 aromatic rings. The van der Waals surface area contributed by atoms with E-state index >= 15 is 0 Å². The van der Waals surface area contributed by atoms with Crippen molar-refractivity contribution in [3.8, 4) is 0 Å². The molecule has 0 unspecified atom stereocenters. The van der Waals surface area contributed by atoms with Crippen LogP contribution in [-0.4, -0.2) is 5.78 Å². The quantitative estimate of drug-likeness (QED) is 0.432. The largest absolute Gasteiger partial charge is 0.288 e. The predicted molar refractivity (Wildman–Crippen MR) is 81.7 cm³/mol. The predicted octanol–water partition coefficient (Wildman–Crippen LogP) is 5.89. The van der Waals surface area contributed by atoms with Crippen LogP contribution in [0.4, 0.5) is 4.39 Å². The zero-order valence-corrected chi connectivity index (χ0v) is 13.9. The van der Waals surface area contributed by atoms with Gasteiger partial charge in [0, 0.05) is 14.5 Å². The molecule has 2 aromatic carbocycles. The van der Waals surface area contributed by atoms with Crippen LogP contribution in [0.25, 0.3) is 0 Å². The van der Waals surface area contributed by atoms with Crippen molar-refractivity contribution in [3.05, 3.63) is 66.3 Å². The maximum absolute atomic E-state index is 14.0. The molecule has 0 spiro atoms. The lowest BCUT2D eigenvalue weighted by Gasteiger charge is -2.07.